The average molecular weight is 373 g/mol. The summed E-state index contributed by atoms with van der Waals surface area (Å²) in [5.41, 5.74) is 0. The van der Waals surface area contributed by atoms with Crippen LogP contribution in [-0.2, 0) is 0 Å². The Morgan fingerprint density at radius 1 is 0.385 bits per heavy atom. The zero-order valence-electron chi connectivity index (χ0n) is 18.4. The maximum Gasteiger partial charge on any atom is 0.0783 e. The Morgan fingerprint density at radius 3 is 0.846 bits per heavy atom. The Bertz CT molecular complexity index is 265. The van der Waals surface area contributed by atoms with Crippen molar-refractivity contribution >= 4 is 0 Å². The Hall–Kier alpha value is -0.160. The van der Waals surface area contributed by atoms with Gasteiger partial charge in [0.05, 0.1) is 39.3 Å². The summed E-state index contributed by atoms with van der Waals surface area (Å²) in [5.74, 6) is 0. The van der Waals surface area contributed by atoms with E-state index in [-0.39, 0.29) is 9.29 Å². The third kappa shape index (κ3) is 13.1. The van der Waals surface area contributed by atoms with E-state index in [1.54, 1.807) is 0 Å². The molecule has 0 amide bonds. The van der Waals surface area contributed by atoms with Crippen LogP contribution >= 0.6 is 0 Å². The molecule has 4 heteroatoms. The van der Waals surface area contributed by atoms with Crippen LogP contribution in [0.3, 0.4) is 0 Å². The molecule has 0 spiro atoms. The van der Waals surface area contributed by atoms with E-state index in [4.69, 9.17) is 0 Å². The van der Waals surface area contributed by atoms with Gasteiger partial charge in [-0.15, -0.1) is 0 Å². The van der Waals surface area contributed by atoms with Crippen LogP contribution in [0.5, 0.6) is 0 Å². The molecule has 0 unspecified atom stereocenters. The number of hydroxylamine groups is 6. The van der Waals surface area contributed by atoms with Gasteiger partial charge in [-0.1, -0.05) is 53.4 Å². The molecule has 0 saturated heterocycles. The van der Waals surface area contributed by atoms with Crippen LogP contribution in [0.15, 0.2) is 0 Å². The molecule has 0 aliphatic heterocycles. The number of hydrogen-bond acceptors (Lipinski definition) is 2. The quantitative estimate of drug-likeness (QED) is 0.150. The summed E-state index contributed by atoms with van der Waals surface area (Å²) in [6.07, 6.45) is 12.8. The van der Waals surface area contributed by atoms with Gasteiger partial charge < -0.3 is 19.7 Å². The second kappa shape index (κ2) is 15.9. The van der Waals surface area contributed by atoms with Gasteiger partial charge in [0.25, 0.3) is 0 Å². The summed E-state index contributed by atoms with van der Waals surface area (Å²) < 4.78 is 0.0203. The van der Waals surface area contributed by atoms with Crippen LogP contribution in [0.4, 0.5) is 0 Å². The summed E-state index contributed by atoms with van der Waals surface area (Å²) in [7, 11) is 0. The minimum absolute atomic E-state index is 0.0102. The van der Waals surface area contributed by atoms with E-state index in [2.05, 4.69) is 27.7 Å². The second-order valence-corrected chi connectivity index (χ2v) is 8.29. The van der Waals surface area contributed by atoms with Crippen molar-refractivity contribution in [2.75, 3.05) is 39.3 Å². The molecule has 0 aromatic heterocycles. The van der Waals surface area contributed by atoms with Crippen LogP contribution in [-0.4, -0.2) is 48.6 Å². The van der Waals surface area contributed by atoms with Gasteiger partial charge in [0.1, 0.15) is 0 Å². The lowest BCUT2D eigenvalue weighted by Gasteiger charge is -2.44. The minimum atomic E-state index is 0.0102. The fourth-order valence-electron chi connectivity index (χ4n) is 3.61. The molecule has 0 rings (SSSR count). The summed E-state index contributed by atoms with van der Waals surface area (Å²) in [6.45, 7) is 13.3. The molecule has 0 aromatic rings. The molecular formula is C22H48N2O2. The standard InChI is InChI=1S/C22H48N2O2/c1-5-9-17-23(25,18-10-6-2)21-15-13-14-16-22-24(26,19-11-7-3)20-12-8-4/h5-22H2,1-4H3. The molecule has 0 heterocycles. The van der Waals surface area contributed by atoms with E-state index in [9.17, 15) is 10.4 Å². The molecule has 0 atom stereocenters. The maximum absolute atomic E-state index is 12.9. The number of unbranched alkanes of at least 4 members (excludes halogenated alkanes) is 7. The van der Waals surface area contributed by atoms with E-state index in [1.165, 1.54) is 0 Å². The Labute approximate surface area is 164 Å². The van der Waals surface area contributed by atoms with Gasteiger partial charge >= 0.3 is 0 Å². The fraction of sp³-hybridized carbons (Fsp3) is 1.00. The van der Waals surface area contributed by atoms with Crippen LogP contribution in [0.25, 0.3) is 0 Å². The molecule has 0 radical (unpaired) electrons. The van der Waals surface area contributed by atoms with Crippen LogP contribution < -0.4 is 0 Å². The highest BCUT2D eigenvalue weighted by atomic mass is 16.5. The highest BCUT2D eigenvalue weighted by Crippen LogP contribution is 2.16. The van der Waals surface area contributed by atoms with Crippen LogP contribution in [0.1, 0.15) is 105 Å². The van der Waals surface area contributed by atoms with Gasteiger partial charge in [-0.05, 0) is 51.4 Å². The molecule has 0 aromatic carbocycles. The third-order valence-electron chi connectivity index (χ3n) is 5.56. The first kappa shape index (κ1) is 25.8. The summed E-state index contributed by atoms with van der Waals surface area (Å²) in [6, 6.07) is 0. The summed E-state index contributed by atoms with van der Waals surface area (Å²) in [4.78, 5) is 0. The Kier molecular flexibility index (Phi) is 15.8. The van der Waals surface area contributed by atoms with E-state index in [0.29, 0.717) is 0 Å². The van der Waals surface area contributed by atoms with Crippen LogP contribution in [0.2, 0.25) is 0 Å². The van der Waals surface area contributed by atoms with Crippen molar-refractivity contribution in [1.29, 1.82) is 0 Å². The molecule has 0 N–H and O–H groups in total. The number of rotatable bonds is 19. The topological polar surface area (TPSA) is 46.1 Å². The lowest BCUT2D eigenvalue weighted by atomic mass is 10.1. The summed E-state index contributed by atoms with van der Waals surface area (Å²) in [5, 5.41) is 25.9. The van der Waals surface area contributed by atoms with Crippen molar-refractivity contribution in [1.82, 2.24) is 0 Å². The molecule has 0 aliphatic rings. The van der Waals surface area contributed by atoms with Crippen molar-refractivity contribution in [2.45, 2.75) is 105 Å². The van der Waals surface area contributed by atoms with Crippen molar-refractivity contribution in [2.24, 2.45) is 0 Å². The van der Waals surface area contributed by atoms with Crippen molar-refractivity contribution in [3.8, 4) is 0 Å². The first-order valence-corrected chi connectivity index (χ1v) is 11.6. The van der Waals surface area contributed by atoms with Gasteiger partial charge in [-0.25, -0.2) is 0 Å². The average Bonchev–Trinajstić information content (AvgIpc) is 2.64. The molecule has 0 bridgehead atoms. The monoisotopic (exact) mass is 372 g/mol. The van der Waals surface area contributed by atoms with Crippen molar-refractivity contribution in [3.63, 3.8) is 0 Å². The minimum Gasteiger partial charge on any atom is -0.633 e. The predicted octanol–water partition coefficient (Wildman–Crippen LogP) is 6.38. The fourth-order valence-corrected chi connectivity index (χ4v) is 3.61. The highest BCUT2D eigenvalue weighted by molar-refractivity contribution is 4.52. The molecule has 0 fully saturated rings. The Morgan fingerprint density at radius 2 is 0.615 bits per heavy atom. The van der Waals surface area contributed by atoms with Gasteiger partial charge in [0.2, 0.25) is 0 Å². The first-order chi connectivity index (χ1) is 12.4. The Balaban J connectivity index is 4.11. The first-order valence-electron chi connectivity index (χ1n) is 11.6. The molecule has 158 valence electrons. The van der Waals surface area contributed by atoms with Crippen LogP contribution in [0, 0.1) is 10.4 Å². The highest BCUT2D eigenvalue weighted by Gasteiger charge is 2.17. The molecule has 26 heavy (non-hydrogen) atoms. The third-order valence-corrected chi connectivity index (χ3v) is 5.56. The zero-order valence-corrected chi connectivity index (χ0v) is 18.4. The van der Waals surface area contributed by atoms with E-state index >= 15 is 0 Å². The lowest BCUT2D eigenvalue weighted by Crippen LogP contribution is -2.45. The largest absolute Gasteiger partial charge is 0.633 e. The van der Waals surface area contributed by atoms with Gasteiger partial charge in [-0.2, -0.15) is 0 Å². The molecular weight excluding hydrogens is 324 g/mol. The van der Waals surface area contributed by atoms with E-state index in [0.717, 1.165) is 116 Å². The maximum atomic E-state index is 12.9. The number of hydrogen-bond donors (Lipinski definition) is 0. The summed E-state index contributed by atoms with van der Waals surface area (Å²) >= 11 is 0. The smallest absolute Gasteiger partial charge is 0.0783 e. The SMILES string of the molecule is CCCC[N+]([O-])(CCCC)CCCCCC[N+]([O-])(CCCC)CCCC. The number of quaternary nitrogens is 2. The molecule has 4 nitrogen and oxygen atoms in total. The van der Waals surface area contributed by atoms with Crippen molar-refractivity contribution in [3.05, 3.63) is 10.4 Å². The molecule has 0 aliphatic carbocycles. The lowest BCUT2D eigenvalue weighted by molar-refractivity contribution is -0.882. The second-order valence-electron chi connectivity index (χ2n) is 8.29. The van der Waals surface area contributed by atoms with Gasteiger partial charge in [-0.3, -0.25) is 0 Å². The van der Waals surface area contributed by atoms with Crippen molar-refractivity contribution < 1.29 is 9.29 Å². The predicted molar refractivity (Wildman–Crippen MR) is 115 cm³/mol. The van der Waals surface area contributed by atoms with Gasteiger partial charge in [0, 0.05) is 0 Å². The van der Waals surface area contributed by atoms with E-state index < -0.39 is 0 Å². The van der Waals surface area contributed by atoms with E-state index in [1.807, 2.05) is 0 Å². The molecule has 0 saturated carbocycles. The normalized spacial score (nSPS) is 12.7. The number of nitrogens with zero attached hydrogens (tertiary/aromatic N) is 2. The zero-order chi connectivity index (χ0) is 19.7. The van der Waals surface area contributed by atoms with Gasteiger partial charge in [0.15, 0.2) is 0 Å².